The number of hydrogen-bond acceptors (Lipinski definition) is 6. The quantitative estimate of drug-likeness (QED) is 0.232. The van der Waals surface area contributed by atoms with Crippen molar-refractivity contribution in [2.24, 2.45) is 0 Å². The molecular weight excluding hydrogens is 484 g/mol. The van der Waals surface area contributed by atoms with Crippen molar-refractivity contribution < 1.29 is 4.79 Å². The molecule has 1 amide bonds. The molecule has 7 nitrogen and oxygen atoms in total. The van der Waals surface area contributed by atoms with E-state index in [-0.39, 0.29) is 5.91 Å². The van der Waals surface area contributed by atoms with Gasteiger partial charge in [-0.05, 0) is 81.0 Å². The Balaban J connectivity index is 1.06. The van der Waals surface area contributed by atoms with E-state index < -0.39 is 0 Å². The number of pyridine rings is 3. The molecule has 1 aromatic carbocycles. The fraction of sp³-hybridized carbons (Fsp3) is 0.375. The van der Waals surface area contributed by atoms with Crippen LogP contribution in [0.25, 0.3) is 10.9 Å². The van der Waals surface area contributed by atoms with Gasteiger partial charge in [0.05, 0.1) is 16.9 Å². The normalized spacial score (nSPS) is 12.8. The van der Waals surface area contributed by atoms with Crippen LogP contribution in [0, 0.1) is 0 Å². The van der Waals surface area contributed by atoms with E-state index in [4.69, 9.17) is 4.98 Å². The molecule has 39 heavy (non-hydrogen) atoms. The molecular formula is C32H38N6O. The third-order valence-corrected chi connectivity index (χ3v) is 7.25. The molecule has 0 aliphatic heterocycles. The topological polar surface area (TPSA) is 83.0 Å². The van der Waals surface area contributed by atoms with Crippen molar-refractivity contribution >= 4 is 22.5 Å². The molecule has 0 radical (unpaired) electrons. The molecule has 1 aliphatic rings. The predicted molar refractivity (Wildman–Crippen MR) is 156 cm³/mol. The first kappa shape index (κ1) is 26.8. The summed E-state index contributed by atoms with van der Waals surface area (Å²) in [5.41, 5.74) is 6.97. The minimum atomic E-state index is 0.109. The van der Waals surface area contributed by atoms with Gasteiger partial charge in [0, 0.05) is 61.8 Å². The number of nitrogens with zero attached hydrogens (tertiary/aromatic N) is 4. The number of hydrogen-bond donors (Lipinski definition) is 2. The fourth-order valence-electron chi connectivity index (χ4n) is 5.31. The zero-order valence-electron chi connectivity index (χ0n) is 22.6. The minimum Gasteiger partial charge on any atom is -0.384 e. The van der Waals surface area contributed by atoms with Crippen molar-refractivity contribution in [2.45, 2.75) is 58.0 Å². The highest BCUT2D eigenvalue weighted by Gasteiger charge is 2.17. The zero-order valence-corrected chi connectivity index (χ0v) is 22.6. The van der Waals surface area contributed by atoms with Gasteiger partial charge in [-0.25, -0.2) is 0 Å². The van der Waals surface area contributed by atoms with E-state index in [1.165, 1.54) is 35.2 Å². The van der Waals surface area contributed by atoms with Gasteiger partial charge < -0.3 is 10.6 Å². The lowest BCUT2D eigenvalue weighted by molar-refractivity contribution is -0.121. The van der Waals surface area contributed by atoms with E-state index in [0.717, 1.165) is 68.8 Å². The Bertz CT molecular complexity index is 1300. The van der Waals surface area contributed by atoms with Crippen LogP contribution >= 0.6 is 0 Å². The average Bonchev–Trinajstić information content (AvgIpc) is 2.97. The molecule has 202 valence electrons. The highest BCUT2D eigenvalue weighted by atomic mass is 16.1. The molecule has 5 rings (SSSR count). The maximum absolute atomic E-state index is 12.6. The smallest absolute Gasteiger partial charge is 0.220 e. The predicted octanol–water partition coefficient (Wildman–Crippen LogP) is 5.30. The molecule has 3 heterocycles. The van der Waals surface area contributed by atoms with E-state index >= 15 is 0 Å². The largest absolute Gasteiger partial charge is 0.384 e. The summed E-state index contributed by atoms with van der Waals surface area (Å²) in [7, 11) is 0. The molecule has 0 saturated carbocycles. The Labute approximate surface area is 231 Å². The molecule has 2 N–H and O–H groups in total. The van der Waals surface area contributed by atoms with Crippen molar-refractivity contribution in [2.75, 3.05) is 25.0 Å². The summed E-state index contributed by atoms with van der Waals surface area (Å²) in [5, 5.41) is 7.99. The number of carbonyl (C=O) groups is 1. The molecule has 0 bridgehead atoms. The van der Waals surface area contributed by atoms with Crippen LogP contribution in [0.1, 0.15) is 54.7 Å². The van der Waals surface area contributed by atoms with Crippen LogP contribution in [-0.4, -0.2) is 45.4 Å². The van der Waals surface area contributed by atoms with Crippen LogP contribution < -0.4 is 10.6 Å². The number of benzene rings is 1. The second kappa shape index (κ2) is 13.8. The zero-order chi connectivity index (χ0) is 26.7. The Morgan fingerprint density at radius 3 is 2.28 bits per heavy atom. The number of carbonyl (C=O) groups excluding carboxylic acids is 1. The maximum Gasteiger partial charge on any atom is 0.220 e. The van der Waals surface area contributed by atoms with Crippen LogP contribution in [0.2, 0.25) is 0 Å². The number of rotatable bonds is 13. The first-order valence-electron chi connectivity index (χ1n) is 14.2. The summed E-state index contributed by atoms with van der Waals surface area (Å²) in [5.74, 6) is 0.109. The highest BCUT2D eigenvalue weighted by Crippen LogP contribution is 2.33. The summed E-state index contributed by atoms with van der Waals surface area (Å²) in [6, 6.07) is 20.4. The summed E-state index contributed by atoms with van der Waals surface area (Å²) in [6.07, 6.45) is 10.4. The van der Waals surface area contributed by atoms with Gasteiger partial charge in [-0.1, -0.05) is 30.3 Å². The lowest BCUT2D eigenvalue weighted by Gasteiger charge is -2.22. The molecule has 4 aromatic rings. The van der Waals surface area contributed by atoms with Crippen molar-refractivity contribution in [3.63, 3.8) is 0 Å². The summed E-state index contributed by atoms with van der Waals surface area (Å²) >= 11 is 0. The van der Waals surface area contributed by atoms with Crippen LogP contribution in [0.5, 0.6) is 0 Å². The molecule has 0 saturated heterocycles. The van der Waals surface area contributed by atoms with Gasteiger partial charge in [-0.2, -0.15) is 0 Å². The standard InChI is InChI=1S/C32H38N6O/c39-31(17-9-22-38(23-25-11-5-7-18-33-25)24-26-12-6-8-19-34-26)35-20-10-21-36-32-27-13-1-3-15-29(27)37-30-16-4-2-14-28(30)32/h1,3,5-8,11-13,15,18-19H,2,4,9-10,14,16-17,20-24H2,(H,35,39)(H,36,37). The maximum atomic E-state index is 12.6. The number of aromatic nitrogens is 3. The summed E-state index contributed by atoms with van der Waals surface area (Å²) < 4.78 is 0. The van der Waals surface area contributed by atoms with Crippen LogP contribution in [0.4, 0.5) is 5.69 Å². The van der Waals surface area contributed by atoms with Gasteiger partial charge >= 0.3 is 0 Å². The van der Waals surface area contributed by atoms with Gasteiger partial charge in [0.25, 0.3) is 0 Å². The number of amides is 1. The van der Waals surface area contributed by atoms with Crippen LogP contribution in [0.15, 0.2) is 73.1 Å². The van der Waals surface area contributed by atoms with Crippen molar-refractivity contribution in [3.05, 3.63) is 95.7 Å². The van der Waals surface area contributed by atoms with Crippen LogP contribution in [0.3, 0.4) is 0 Å². The molecule has 1 aliphatic carbocycles. The van der Waals surface area contributed by atoms with Gasteiger partial charge in [-0.15, -0.1) is 0 Å². The van der Waals surface area contributed by atoms with Crippen molar-refractivity contribution in [3.8, 4) is 0 Å². The first-order chi connectivity index (χ1) is 19.3. The third kappa shape index (κ3) is 7.60. The Morgan fingerprint density at radius 1 is 0.821 bits per heavy atom. The van der Waals surface area contributed by atoms with Gasteiger partial charge in [0.15, 0.2) is 0 Å². The Hall–Kier alpha value is -3.84. The molecule has 0 fully saturated rings. The second-order valence-electron chi connectivity index (χ2n) is 10.2. The van der Waals surface area contributed by atoms with Crippen molar-refractivity contribution in [1.29, 1.82) is 0 Å². The number of para-hydroxylation sites is 1. The van der Waals surface area contributed by atoms with E-state index in [1.54, 1.807) is 0 Å². The SMILES string of the molecule is O=C(CCCN(Cc1ccccn1)Cc1ccccn1)NCCCNc1c2c(nc3ccccc13)CCCC2. The van der Waals surface area contributed by atoms with E-state index in [0.29, 0.717) is 13.0 Å². The van der Waals surface area contributed by atoms with Gasteiger partial charge in [0.2, 0.25) is 5.91 Å². The molecule has 3 aromatic heterocycles. The molecule has 7 heteroatoms. The Kier molecular flexibility index (Phi) is 9.47. The van der Waals surface area contributed by atoms with E-state index in [1.807, 2.05) is 48.8 Å². The monoisotopic (exact) mass is 522 g/mol. The lowest BCUT2D eigenvalue weighted by atomic mass is 9.92. The first-order valence-corrected chi connectivity index (χ1v) is 14.2. The Morgan fingerprint density at radius 2 is 1.54 bits per heavy atom. The minimum absolute atomic E-state index is 0.109. The van der Waals surface area contributed by atoms with Gasteiger partial charge in [-0.3, -0.25) is 24.6 Å². The summed E-state index contributed by atoms with van der Waals surface area (Å²) in [4.78, 5) is 28.7. The lowest BCUT2D eigenvalue weighted by Crippen LogP contribution is -2.28. The number of anilines is 1. The average molecular weight is 523 g/mol. The fourth-order valence-corrected chi connectivity index (χ4v) is 5.31. The third-order valence-electron chi connectivity index (χ3n) is 7.25. The molecule has 0 unspecified atom stereocenters. The highest BCUT2D eigenvalue weighted by molar-refractivity contribution is 5.93. The van der Waals surface area contributed by atoms with Crippen LogP contribution in [-0.2, 0) is 30.7 Å². The molecule has 0 spiro atoms. The number of aryl methyl sites for hydroxylation is 1. The van der Waals surface area contributed by atoms with E-state index in [2.05, 4.69) is 49.8 Å². The van der Waals surface area contributed by atoms with Crippen molar-refractivity contribution in [1.82, 2.24) is 25.2 Å². The molecule has 0 atom stereocenters. The summed E-state index contributed by atoms with van der Waals surface area (Å²) in [6.45, 7) is 3.77. The van der Waals surface area contributed by atoms with Gasteiger partial charge in [0.1, 0.15) is 0 Å². The van der Waals surface area contributed by atoms with E-state index in [9.17, 15) is 4.79 Å². The number of nitrogens with one attached hydrogen (secondary N) is 2. The number of fused-ring (bicyclic) bond motifs is 2. The second-order valence-corrected chi connectivity index (χ2v) is 10.2.